The topological polar surface area (TPSA) is 45.1 Å². The Balaban J connectivity index is 2.33. The molecule has 0 aliphatic rings. The van der Waals surface area contributed by atoms with E-state index in [2.05, 4.69) is 31.1 Å². The van der Waals surface area contributed by atoms with Crippen molar-refractivity contribution in [1.29, 1.82) is 0 Å². The molecule has 0 spiro atoms. The first-order valence-corrected chi connectivity index (χ1v) is 6.66. The van der Waals surface area contributed by atoms with Crippen LogP contribution in [-0.2, 0) is 0 Å². The Kier molecular flexibility index (Phi) is 5.38. The lowest BCUT2D eigenvalue weighted by molar-refractivity contribution is 0.233. The van der Waals surface area contributed by atoms with Gasteiger partial charge in [0.25, 0.3) is 0 Å². The first-order chi connectivity index (χ1) is 7.55. The van der Waals surface area contributed by atoms with E-state index in [-0.39, 0.29) is 12.0 Å². The van der Waals surface area contributed by atoms with Gasteiger partial charge < -0.3 is 10.4 Å². The summed E-state index contributed by atoms with van der Waals surface area (Å²) < 4.78 is 0. The molecule has 1 unspecified atom stereocenters. The molecule has 0 aliphatic heterocycles. The van der Waals surface area contributed by atoms with Crippen molar-refractivity contribution in [3.63, 3.8) is 0 Å². The Bertz CT molecular complexity index is 285. The van der Waals surface area contributed by atoms with Crippen molar-refractivity contribution < 1.29 is 5.11 Å². The molecule has 92 valence electrons. The molecule has 1 aromatic heterocycles. The van der Waals surface area contributed by atoms with Gasteiger partial charge in [0, 0.05) is 30.3 Å². The summed E-state index contributed by atoms with van der Waals surface area (Å²) in [5.41, 5.74) is 2.10. The van der Waals surface area contributed by atoms with Crippen LogP contribution in [-0.4, -0.2) is 23.2 Å². The van der Waals surface area contributed by atoms with Crippen LogP contribution in [0.5, 0.6) is 0 Å². The van der Waals surface area contributed by atoms with Crippen LogP contribution in [0.3, 0.4) is 0 Å². The molecule has 1 rings (SSSR count). The van der Waals surface area contributed by atoms with Gasteiger partial charge in [-0.1, -0.05) is 13.8 Å². The number of thiazole rings is 1. The molecule has 0 radical (unpaired) electrons. The maximum absolute atomic E-state index is 8.83. The van der Waals surface area contributed by atoms with Gasteiger partial charge >= 0.3 is 0 Å². The first-order valence-electron chi connectivity index (χ1n) is 5.78. The average molecular weight is 242 g/mol. The van der Waals surface area contributed by atoms with Gasteiger partial charge in [0.05, 0.1) is 5.51 Å². The Hall–Kier alpha value is -0.450. The van der Waals surface area contributed by atoms with E-state index >= 15 is 0 Å². The van der Waals surface area contributed by atoms with Gasteiger partial charge in [-0.05, 0) is 25.2 Å². The Labute approximate surface area is 102 Å². The molecule has 0 saturated heterocycles. The van der Waals surface area contributed by atoms with Crippen molar-refractivity contribution in [2.75, 3.05) is 13.2 Å². The van der Waals surface area contributed by atoms with E-state index in [1.807, 2.05) is 11.7 Å². The van der Waals surface area contributed by atoms with E-state index in [0.717, 1.165) is 19.4 Å². The fourth-order valence-corrected chi connectivity index (χ4v) is 2.27. The lowest BCUT2D eigenvalue weighted by Crippen LogP contribution is -2.31. The Morgan fingerprint density at radius 2 is 2.31 bits per heavy atom. The summed E-state index contributed by atoms with van der Waals surface area (Å²) in [7, 11) is 0. The summed E-state index contributed by atoms with van der Waals surface area (Å²) in [6, 6.07) is 0.362. The van der Waals surface area contributed by atoms with Crippen molar-refractivity contribution >= 4 is 11.3 Å². The van der Waals surface area contributed by atoms with Gasteiger partial charge in [-0.25, -0.2) is 0 Å². The highest BCUT2D eigenvalue weighted by molar-refractivity contribution is 7.09. The highest BCUT2D eigenvalue weighted by Crippen LogP contribution is 2.23. The van der Waals surface area contributed by atoms with Crippen molar-refractivity contribution in [2.45, 2.75) is 39.7 Å². The van der Waals surface area contributed by atoms with Crippen LogP contribution >= 0.6 is 11.3 Å². The number of aliphatic hydroxyl groups excluding tert-OH is 1. The minimum Gasteiger partial charge on any atom is -0.396 e. The SMILES string of the molecule is CC(NCC(C)(C)CCCO)c1cncs1. The standard InChI is InChI=1S/C12H22N2OS/c1-10(11-7-13-9-16-11)14-8-12(2,3)5-4-6-15/h7,9-10,14-15H,4-6,8H2,1-3H3. The van der Waals surface area contributed by atoms with Gasteiger partial charge in [-0.3, -0.25) is 4.98 Å². The van der Waals surface area contributed by atoms with E-state index in [9.17, 15) is 0 Å². The molecule has 0 aliphatic carbocycles. The highest BCUT2D eigenvalue weighted by Gasteiger charge is 2.18. The zero-order chi connectivity index (χ0) is 12.0. The largest absolute Gasteiger partial charge is 0.396 e. The maximum atomic E-state index is 8.83. The number of hydrogen-bond acceptors (Lipinski definition) is 4. The summed E-state index contributed by atoms with van der Waals surface area (Å²) in [5, 5.41) is 12.4. The lowest BCUT2D eigenvalue weighted by Gasteiger charge is -2.26. The van der Waals surface area contributed by atoms with E-state index in [0.29, 0.717) is 6.04 Å². The van der Waals surface area contributed by atoms with Gasteiger partial charge in [0.1, 0.15) is 0 Å². The van der Waals surface area contributed by atoms with Crippen molar-refractivity contribution in [1.82, 2.24) is 10.3 Å². The molecule has 2 N–H and O–H groups in total. The Morgan fingerprint density at radius 1 is 1.56 bits per heavy atom. The molecule has 16 heavy (non-hydrogen) atoms. The molecule has 1 heterocycles. The van der Waals surface area contributed by atoms with E-state index in [4.69, 9.17) is 5.11 Å². The van der Waals surface area contributed by atoms with Crippen LogP contribution in [0.2, 0.25) is 0 Å². The summed E-state index contributed by atoms with van der Waals surface area (Å²) >= 11 is 1.69. The minimum absolute atomic E-state index is 0.238. The summed E-state index contributed by atoms with van der Waals surface area (Å²) in [6.45, 7) is 7.87. The molecule has 0 fully saturated rings. The number of aromatic nitrogens is 1. The lowest BCUT2D eigenvalue weighted by atomic mass is 9.87. The molecule has 0 aromatic carbocycles. The van der Waals surface area contributed by atoms with Crippen LogP contribution in [0, 0.1) is 5.41 Å². The monoisotopic (exact) mass is 242 g/mol. The second-order valence-corrected chi connectivity index (χ2v) is 5.92. The summed E-state index contributed by atoms with van der Waals surface area (Å²) in [4.78, 5) is 5.36. The molecule has 4 heteroatoms. The zero-order valence-electron chi connectivity index (χ0n) is 10.4. The molecule has 1 atom stereocenters. The van der Waals surface area contributed by atoms with Gasteiger partial charge in [-0.2, -0.15) is 0 Å². The van der Waals surface area contributed by atoms with Crippen molar-refractivity contribution in [3.8, 4) is 0 Å². The quantitative estimate of drug-likeness (QED) is 0.772. The third kappa shape index (κ3) is 4.60. The van der Waals surface area contributed by atoms with Gasteiger partial charge in [0.15, 0.2) is 0 Å². The van der Waals surface area contributed by atoms with Crippen LogP contribution in [0.4, 0.5) is 0 Å². The van der Waals surface area contributed by atoms with E-state index in [1.54, 1.807) is 11.3 Å². The van der Waals surface area contributed by atoms with Gasteiger partial charge in [-0.15, -0.1) is 11.3 Å². The second-order valence-electron chi connectivity index (χ2n) is 5.00. The fraction of sp³-hybridized carbons (Fsp3) is 0.750. The predicted molar refractivity (Wildman–Crippen MR) is 68.6 cm³/mol. The van der Waals surface area contributed by atoms with E-state index in [1.165, 1.54) is 4.88 Å². The average Bonchev–Trinajstić information content (AvgIpc) is 2.77. The summed E-state index contributed by atoms with van der Waals surface area (Å²) in [6.07, 6.45) is 3.85. The number of hydrogen-bond donors (Lipinski definition) is 2. The van der Waals surface area contributed by atoms with E-state index < -0.39 is 0 Å². The third-order valence-corrected chi connectivity index (χ3v) is 3.73. The van der Waals surface area contributed by atoms with Crippen LogP contribution in [0.1, 0.15) is 44.5 Å². The number of rotatable bonds is 7. The molecular weight excluding hydrogens is 220 g/mol. The molecule has 0 amide bonds. The molecule has 3 nitrogen and oxygen atoms in total. The molecule has 0 bridgehead atoms. The second kappa shape index (κ2) is 6.33. The van der Waals surface area contributed by atoms with Crippen LogP contribution < -0.4 is 5.32 Å². The minimum atomic E-state index is 0.238. The van der Waals surface area contributed by atoms with Crippen molar-refractivity contribution in [2.24, 2.45) is 5.41 Å². The molecule has 0 saturated carbocycles. The number of aliphatic hydroxyl groups is 1. The number of nitrogens with zero attached hydrogens (tertiary/aromatic N) is 1. The highest BCUT2D eigenvalue weighted by atomic mass is 32.1. The van der Waals surface area contributed by atoms with Crippen LogP contribution in [0.25, 0.3) is 0 Å². The summed E-state index contributed by atoms with van der Waals surface area (Å²) in [5.74, 6) is 0. The van der Waals surface area contributed by atoms with Crippen molar-refractivity contribution in [3.05, 3.63) is 16.6 Å². The fourth-order valence-electron chi connectivity index (χ4n) is 1.62. The Morgan fingerprint density at radius 3 is 2.88 bits per heavy atom. The number of nitrogens with one attached hydrogen (secondary N) is 1. The first kappa shape index (κ1) is 13.6. The zero-order valence-corrected chi connectivity index (χ0v) is 11.2. The molecule has 1 aromatic rings. The maximum Gasteiger partial charge on any atom is 0.0794 e. The molecular formula is C12H22N2OS. The predicted octanol–water partition coefficient (Wildman–Crippen LogP) is 2.59. The van der Waals surface area contributed by atoms with Crippen LogP contribution in [0.15, 0.2) is 11.7 Å². The normalized spacial score (nSPS) is 14.0. The van der Waals surface area contributed by atoms with Gasteiger partial charge in [0.2, 0.25) is 0 Å². The smallest absolute Gasteiger partial charge is 0.0794 e. The third-order valence-electron chi connectivity index (χ3n) is 2.78.